The Morgan fingerprint density at radius 2 is 1.73 bits per heavy atom. The van der Waals surface area contributed by atoms with Gasteiger partial charge in [0.15, 0.2) is 0 Å². The van der Waals surface area contributed by atoms with Gasteiger partial charge in [-0.05, 0) is 24.3 Å². The third kappa shape index (κ3) is 2.67. The molecule has 0 saturated carbocycles. The second kappa shape index (κ2) is 5.99. The Morgan fingerprint density at radius 3 is 2.45 bits per heavy atom. The molecule has 22 heavy (non-hydrogen) atoms. The van der Waals surface area contributed by atoms with Gasteiger partial charge in [-0.3, -0.25) is 9.59 Å². The summed E-state index contributed by atoms with van der Waals surface area (Å²) < 4.78 is 0. The number of carbonyl (C=O) groups is 2. The molecule has 0 aliphatic carbocycles. The van der Waals surface area contributed by atoms with Gasteiger partial charge < -0.3 is 5.32 Å². The summed E-state index contributed by atoms with van der Waals surface area (Å²) in [7, 11) is 0. The van der Waals surface area contributed by atoms with E-state index in [0.29, 0.717) is 21.4 Å². The largest absolute Gasteiger partial charge is 0.372 e. The number of nitrogens with one attached hydrogen (secondary N) is 1. The minimum atomic E-state index is -0.649. The lowest BCUT2D eigenvalue weighted by Gasteiger charge is -2.16. The molecule has 112 valence electrons. The number of hydrogen-bond donors (Lipinski definition) is 1. The molecule has 1 atom stereocenters. The Hall–Kier alpha value is -2.04. The third-order valence-corrected chi connectivity index (χ3v) is 4.26. The van der Waals surface area contributed by atoms with Gasteiger partial charge in [0.05, 0.1) is 27.8 Å². The Balaban J connectivity index is 1.84. The smallest absolute Gasteiger partial charge is 0.256 e. The Kier molecular flexibility index (Phi) is 4.05. The molecule has 6 heteroatoms. The van der Waals surface area contributed by atoms with Gasteiger partial charge in [0.2, 0.25) is 5.91 Å². The summed E-state index contributed by atoms with van der Waals surface area (Å²) in [6.45, 7) is 0. The highest BCUT2D eigenvalue weighted by molar-refractivity contribution is 6.43. The van der Waals surface area contributed by atoms with E-state index in [4.69, 9.17) is 23.2 Å². The lowest BCUT2D eigenvalue weighted by molar-refractivity contribution is -0.121. The number of benzene rings is 2. The lowest BCUT2D eigenvalue weighted by Crippen LogP contribution is -2.34. The lowest BCUT2D eigenvalue weighted by atomic mass is 10.2. The molecule has 1 N–H and O–H groups in total. The summed E-state index contributed by atoms with van der Waals surface area (Å²) in [5.74, 6) is -0.543. The molecule has 0 radical (unpaired) electrons. The predicted octanol–water partition coefficient (Wildman–Crippen LogP) is 3.74. The van der Waals surface area contributed by atoms with Crippen LogP contribution in [0.1, 0.15) is 6.42 Å². The molecule has 1 fully saturated rings. The van der Waals surface area contributed by atoms with Crippen molar-refractivity contribution in [1.82, 2.24) is 0 Å². The topological polar surface area (TPSA) is 49.4 Å². The second-order valence-corrected chi connectivity index (χ2v) is 5.69. The highest BCUT2D eigenvalue weighted by Gasteiger charge is 2.39. The van der Waals surface area contributed by atoms with Crippen molar-refractivity contribution in [3.05, 3.63) is 58.6 Å². The van der Waals surface area contributed by atoms with Crippen LogP contribution in [0.2, 0.25) is 10.0 Å². The van der Waals surface area contributed by atoms with Crippen molar-refractivity contribution in [3.8, 4) is 0 Å². The monoisotopic (exact) mass is 334 g/mol. The summed E-state index contributed by atoms with van der Waals surface area (Å²) >= 11 is 12.1. The number of rotatable bonds is 3. The number of para-hydroxylation sites is 1. The van der Waals surface area contributed by atoms with E-state index in [0.717, 1.165) is 0 Å². The Bertz CT molecular complexity index is 734. The Morgan fingerprint density at radius 1 is 1.00 bits per heavy atom. The quantitative estimate of drug-likeness (QED) is 0.870. The number of nitrogens with zero attached hydrogens (tertiary/aromatic N) is 1. The van der Waals surface area contributed by atoms with Crippen molar-refractivity contribution in [1.29, 1.82) is 0 Å². The second-order valence-electron chi connectivity index (χ2n) is 4.91. The molecule has 2 aromatic rings. The van der Waals surface area contributed by atoms with E-state index in [1.54, 1.807) is 42.5 Å². The zero-order valence-electron chi connectivity index (χ0n) is 11.4. The normalized spacial score (nSPS) is 17.9. The van der Waals surface area contributed by atoms with E-state index >= 15 is 0 Å². The van der Waals surface area contributed by atoms with Gasteiger partial charge in [0.25, 0.3) is 5.91 Å². The zero-order valence-corrected chi connectivity index (χ0v) is 12.9. The van der Waals surface area contributed by atoms with E-state index in [1.807, 2.05) is 6.07 Å². The van der Waals surface area contributed by atoms with Crippen LogP contribution < -0.4 is 10.2 Å². The van der Waals surface area contributed by atoms with Crippen molar-refractivity contribution >= 4 is 46.4 Å². The summed E-state index contributed by atoms with van der Waals surface area (Å²) in [6, 6.07) is 13.3. The van der Waals surface area contributed by atoms with Crippen molar-refractivity contribution in [3.63, 3.8) is 0 Å². The molecule has 0 spiro atoms. The van der Waals surface area contributed by atoms with E-state index in [1.165, 1.54) is 4.90 Å². The number of amides is 2. The minimum Gasteiger partial charge on any atom is -0.372 e. The predicted molar refractivity (Wildman–Crippen MR) is 87.4 cm³/mol. The van der Waals surface area contributed by atoms with Gasteiger partial charge in [0.1, 0.15) is 6.04 Å². The maximum absolute atomic E-state index is 12.5. The highest BCUT2D eigenvalue weighted by Crippen LogP contribution is 2.32. The van der Waals surface area contributed by atoms with Crippen molar-refractivity contribution in [2.24, 2.45) is 0 Å². The zero-order chi connectivity index (χ0) is 15.7. The Labute approximate surface area is 137 Å². The van der Waals surface area contributed by atoms with E-state index < -0.39 is 6.04 Å². The standard InChI is InChI=1S/C16H12Cl2N2O2/c17-11-7-4-8-12(15(11)18)19-13-9-14(21)20(16(13)22)10-5-2-1-3-6-10/h1-8,13,19H,9H2. The van der Waals surface area contributed by atoms with Gasteiger partial charge in [-0.2, -0.15) is 0 Å². The van der Waals surface area contributed by atoms with E-state index in [9.17, 15) is 9.59 Å². The average Bonchev–Trinajstić information content (AvgIpc) is 2.79. The molecule has 2 amide bonds. The molecule has 1 aliphatic rings. The molecule has 1 aliphatic heterocycles. The first-order chi connectivity index (χ1) is 10.6. The SMILES string of the molecule is O=C1CC(Nc2cccc(Cl)c2Cl)C(=O)N1c1ccccc1. The van der Waals surface area contributed by atoms with Gasteiger partial charge in [-0.25, -0.2) is 4.90 Å². The number of hydrogen-bond acceptors (Lipinski definition) is 3. The first-order valence-corrected chi connectivity index (χ1v) is 7.46. The molecule has 0 bridgehead atoms. The van der Waals surface area contributed by atoms with Gasteiger partial charge in [-0.15, -0.1) is 0 Å². The fourth-order valence-corrected chi connectivity index (χ4v) is 2.75. The van der Waals surface area contributed by atoms with Crippen LogP contribution in [0.3, 0.4) is 0 Å². The van der Waals surface area contributed by atoms with Crippen LogP contribution in [0.4, 0.5) is 11.4 Å². The maximum Gasteiger partial charge on any atom is 0.256 e. The van der Waals surface area contributed by atoms with E-state index in [2.05, 4.69) is 5.32 Å². The van der Waals surface area contributed by atoms with Crippen LogP contribution in [0.5, 0.6) is 0 Å². The van der Waals surface area contributed by atoms with Crippen LogP contribution in [0.15, 0.2) is 48.5 Å². The molecule has 1 saturated heterocycles. The maximum atomic E-state index is 12.5. The van der Waals surface area contributed by atoms with Crippen LogP contribution in [-0.4, -0.2) is 17.9 Å². The molecule has 4 nitrogen and oxygen atoms in total. The molecular weight excluding hydrogens is 323 g/mol. The van der Waals surface area contributed by atoms with Crippen LogP contribution in [-0.2, 0) is 9.59 Å². The minimum absolute atomic E-state index is 0.0799. The van der Waals surface area contributed by atoms with Crippen LogP contribution >= 0.6 is 23.2 Å². The summed E-state index contributed by atoms with van der Waals surface area (Å²) in [5, 5.41) is 3.73. The fraction of sp³-hybridized carbons (Fsp3) is 0.125. The van der Waals surface area contributed by atoms with E-state index in [-0.39, 0.29) is 18.2 Å². The average molecular weight is 335 g/mol. The van der Waals surface area contributed by atoms with Crippen molar-refractivity contribution in [2.75, 3.05) is 10.2 Å². The molecule has 2 aromatic carbocycles. The number of halogens is 2. The van der Waals surface area contributed by atoms with Gasteiger partial charge in [0, 0.05) is 0 Å². The molecule has 0 aromatic heterocycles. The summed E-state index contributed by atoms with van der Waals surface area (Å²) in [4.78, 5) is 25.8. The van der Waals surface area contributed by atoms with Crippen LogP contribution in [0, 0.1) is 0 Å². The summed E-state index contributed by atoms with van der Waals surface area (Å²) in [6.07, 6.45) is 0.0799. The molecular formula is C16H12Cl2N2O2. The fourth-order valence-electron chi connectivity index (χ4n) is 2.40. The molecule has 1 unspecified atom stereocenters. The number of imide groups is 1. The first kappa shape index (κ1) is 14.9. The highest BCUT2D eigenvalue weighted by atomic mass is 35.5. The number of carbonyl (C=O) groups excluding carboxylic acids is 2. The van der Waals surface area contributed by atoms with Gasteiger partial charge in [-0.1, -0.05) is 47.5 Å². The number of anilines is 2. The third-order valence-electron chi connectivity index (χ3n) is 3.44. The van der Waals surface area contributed by atoms with Crippen molar-refractivity contribution in [2.45, 2.75) is 12.5 Å². The van der Waals surface area contributed by atoms with Gasteiger partial charge >= 0.3 is 0 Å². The molecule has 3 rings (SSSR count). The summed E-state index contributed by atoms with van der Waals surface area (Å²) in [5.41, 5.74) is 1.11. The van der Waals surface area contributed by atoms with Crippen LogP contribution in [0.25, 0.3) is 0 Å². The molecule has 1 heterocycles. The first-order valence-electron chi connectivity index (χ1n) is 6.70. The van der Waals surface area contributed by atoms with Crippen molar-refractivity contribution < 1.29 is 9.59 Å².